The highest BCUT2D eigenvalue weighted by Gasteiger charge is 2.20. The van der Waals surface area contributed by atoms with Gasteiger partial charge in [0.05, 0.1) is 13.5 Å². The molecule has 0 unspecified atom stereocenters. The SMILES string of the molecule is COC(=O)NC(=O)[C@H](C)OC(=O)CCC(=O)c1ccc(C)cc1. The molecule has 0 spiro atoms. The Balaban J connectivity index is 2.41. The van der Waals surface area contributed by atoms with Gasteiger partial charge in [-0.05, 0) is 13.8 Å². The first kappa shape index (κ1) is 18.3. The lowest BCUT2D eigenvalue weighted by Gasteiger charge is -2.12. The Hall–Kier alpha value is -2.70. The number of rotatable bonds is 6. The van der Waals surface area contributed by atoms with E-state index in [1.54, 1.807) is 12.1 Å². The quantitative estimate of drug-likeness (QED) is 0.633. The maximum Gasteiger partial charge on any atom is 0.413 e. The van der Waals surface area contributed by atoms with Crippen molar-refractivity contribution in [2.75, 3.05) is 7.11 Å². The topological polar surface area (TPSA) is 98.8 Å². The summed E-state index contributed by atoms with van der Waals surface area (Å²) in [5.41, 5.74) is 1.55. The van der Waals surface area contributed by atoms with Crippen LogP contribution in [0.15, 0.2) is 24.3 Å². The highest BCUT2D eigenvalue weighted by Crippen LogP contribution is 2.08. The molecule has 1 N–H and O–H groups in total. The van der Waals surface area contributed by atoms with Gasteiger partial charge in [-0.2, -0.15) is 0 Å². The van der Waals surface area contributed by atoms with Gasteiger partial charge in [-0.15, -0.1) is 0 Å². The number of aryl methyl sites for hydroxylation is 1. The number of amides is 2. The molecule has 1 aromatic rings. The van der Waals surface area contributed by atoms with Gasteiger partial charge in [0.25, 0.3) is 5.91 Å². The van der Waals surface area contributed by atoms with Crippen LogP contribution in [0.5, 0.6) is 0 Å². The lowest BCUT2D eigenvalue weighted by molar-refractivity contribution is -0.154. The van der Waals surface area contributed by atoms with Crippen molar-refractivity contribution < 1.29 is 28.7 Å². The number of alkyl carbamates (subject to hydrolysis) is 1. The minimum Gasteiger partial charge on any atom is -0.453 e. The highest BCUT2D eigenvalue weighted by molar-refractivity contribution is 5.98. The van der Waals surface area contributed by atoms with Gasteiger partial charge in [0.2, 0.25) is 0 Å². The smallest absolute Gasteiger partial charge is 0.413 e. The number of esters is 1. The van der Waals surface area contributed by atoms with E-state index in [2.05, 4.69) is 4.74 Å². The molecular formula is C16H19NO6. The number of imide groups is 1. The first-order chi connectivity index (χ1) is 10.8. The van der Waals surface area contributed by atoms with Crippen molar-refractivity contribution in [3.63, 3.8) is 0 Å². The summed E-state index contributed by atoms with van der Waals surface area (Å²) in [6.07, 6.45) is -2.26. The zero-order chi connectivity index (χ0) is 17.4. The fourth-order valence-corrected chi connectivity index (χ4v) is 1.66. The normalized spacial score (nSPS) is 11.3. The van der Waals surface area contributed by atoms with Gasteiger partial charge in [-0.3, -0.25) is 19.7 Å². The Morgan fingerprint density at radius 2 is 1.70 bits per heavy atom. The van der Waals surface area contributed by atoms with E-state index in [4.69, 9.17) is 4.74 Å². The predicted octanol–water partition coefficient (Wildman–Crippen LogP) is 1.77. The van der Waals surface area contributed by atoms with Crippen LogP contribution in [-0.4, -0.2) is 37.0 Å². The number of ether oxygens (including phenoxy) is 2. The van der Waals surface area contributed by atoms with Gasteiger partial charge in [0.15, 0.2) is 11.9 Å². The molecule has 1 atom stereocenters. The molecule has 0 radical (unpaired) electrons. The Kier molecular flexibility index (Phi) is 6.92. The highest BCUT2D eigenvalue weighted by atomic mass is 16.6. The van der Waals surface area contributed by atoms with Crippen molar-refractivity contribution in [3.05, 3.63) is 35.4 Å². The van der Waals surface area contributed by atoms with Crippen molar-refractivity contribution in [1.29, 1.82) is 0 Å². The first-order valence-corrected chi connectivity index (χ1v) is 7.01. The largest absolute Gasteiger partial charge is 0.453 e. The number of carbonyl (C=O) groups is 4. The summed E-state index contributed by atoms with van der Waals surface area (Å²) in [4.78, 5) is 45.9. The monoisotopic (exact) mass is 321 g/mol. The molecule has 2 amide bonds. The summed E-state index contributed by atoms with van der Waals surface area (Å²) >= 11 is 0. The summed E-state index contributed by atoms with van der Waals surface area (Å²) in [7, 11) is 1.11. The predicted molar refractivity (Wildman–Crippen MR) is 80.8 cm³/mol. The Bertz CT molecular complexity index is 593. The van der Waals surface area contributed by atoms with Crippen molar-refractivity contribution >= 4 is 23.8 Å². The number of hydrogen-bond acceptors (Lipinski definition) is 6. The molecule has 0 saturated carbocycles. The summed E-state index contributed by atoms with van der Waals surface area (Å²) in [6, 6.07) is 7.00. The zero-order valence-electron chi connectivity index (χ0n) is 13.3. The van der Waals surface area contributed by atoms with Crippen LogP contribution in [0, 0.1) is 6.92 Å². The third-order valence-electron chi connectivity index (χ3n) is 3.02. The molecule has 7 nitrogen and oxygen atoms in total. The molecule has 7 heteroatoms. The van der Waals surface area contributed by atoms with E-state index < -0.39 is 24.1 Å². The number of methoxy groups -OCH3 is 1. The molecular weight excluding hydrogens is 302 g/mol. The van der Waals surface area contributed by atoms with Gasteiger partial charge in [-0.25, -0.2) is 4.79 Å². The fourth-order valence-electron chi connectivity index (χ4n) is 1.66. The zero-order valence-corrected chi connectivity index (χ0v) is 13.3. The molecule has 0 heterocycles. The number of Topliss-reactive ketones (excluding diaryl/α,β-unsaturated/α-hetero) is 1. The third kappa shape index (κ3) is 6.29. The third-order valence-corrected chi connectivity index (χ3v) is 3.02. The number of nitrogens with one attached hydrogen (secondary N) is 1. The molecule has 1 aromatic carbocycles. The van der Waals surface area contributed by atoms with E-state index in [0.717, 1.165) is 12.7 Å². The lowest BCUT2D eigenvalue weighted by Crippen LogP contribution is -2.39. The average Bonchev–Trinajstić information content (AvgIpc) is 2.52. The van der Waals surface area contributed by atoms with Crippen LogP contribution < -0.4 is 5.32 Å². The second kappa shape index (κ2) is 8.67. The molecule has 0 aliphatic heterocycles. The van der Waals surface area contributed by atoms with Crippen molar-refractivity contribution in [2.45, 2.75) is 32.8 Å². The second-order valence-corrected chi connectivity index (χ2v) is 4.90. The Morgan fingerprint density at radius 1 is 1.09 bits per heavy atom. The van der Waals surface area contributed by atoms with Crippen LogP contribution >= 0.6 is 0 Å². The average molecular weight is 321 g/mol. The molecule has 0 aromatic heterocycles. The van der Waals surface area contributed by atoms with Crippen LogP contribution in [0.3, 0.4) is 0 Å². The van der Waals surface area contributed by atoms with Gasteiger partial charge >= 0.3 is 12.1 Å². The van der Waals surface area contributed by atoms with Crippen molar-refractivity contribution in [2.24, 2.45) is 0 Å². The second-order valence-electron chi connectivity index (χ2n) is 4.90. The van der Waals surface area contributed by atoms with Crippen LogP contribution in [0.1, 0.15) is 35.7 Å². The molecule has 1 rings (SSSR count). The number of ketones is 1. The van der Waals surface area contributed by atoms with E-state index in [-0.39, 0.29) is 18.6 Å². The molecule has 0 aliphatic rings. The van der Waals surface area contributed by atoms with E-state index in [9.17, 15) is 19.2 Å². The van der Waals surface area contributed by atoms with Crippen molar-refractivity contribution in [3.8, 4) is 0 Å². The number of carbonyl (C=O) groups excluding carboxylic acids is 4. The van der Waals surface area contributed by atoms with Crippen LogP contribution in [-0.2, 0) is 19.1 Å². The molecule has 23 heavy (non-hydrogen) atoms. The first-order valence-electron chi connectivity index (χ1n) is 7.01. The maximum atomic E-state index is 11.9. The minimum absolute atomic E-state index is 0.0206. The van der Waals surface area contributed by atoms with Crippen LogP contribution in [0.4, 0.5) is 4.79 Å². The van der Waals surface area contributed by atoms with E-state index >= 15 is 0 Å². The molecule has 0 aliphatic carbocycles. The van der Waals surface area contributed by atoms with Crippen LogP contribution in [0.2, 0.25) is 0 Å². The van der Waals surface area contributed by atoms with Crippen molar-refractivity contribution in [1.82, 2.24) is 5.32 Å². The maximum absolute atomic E-state index is 11.9. The van der Waals surface area contributed by atoms with E-state index in [1.807, 2.05) is 24.4 Å². The number of benzene rings is 1. The Morgan fingerprint density at radius 3 is 2.26 bits per heavy atom. The van der Waals surface area contributed by atoms with E-state index in [0.29, 0.717) is 5.56 Å². The summed E-state index contributed by atoms with van der Waals surface area (Å²) in [5.74, 6) is -1.68. The lowest BCUT2D eigenvalue weighted by atomic mass is 10.1. The number of hydrogen-bond donors (Lipinski definition) is 1. The summed E-state index contributed by atoms with van der Waals surface area (Å²) in [6.45, 7) is 3.23. The van der Waals surface area contributed by atoms with Crippen LogP contribution in [0.25, 0.3) is 0 Å². The van der Waals surface area contributed by atoms with Gasteiger partial charge < -0.3 is 9.47 Å². The standard InChI is InChI=1S/C16H19NO6/c1-10-4-6-12(7-5-10)13(18)8-9-14(19)23-11(2)15(20)17-16(21)22-3/h4-7,11H,8-9H2,1-3H3,(H,17,20,21)/t11-/m0/s1. The minimum atomic E-state index is -1.16. The Labute approximate surface area is 134 Å². The molecule has 0 fully saturated rings. The molecule has 0 saturated heterocycles. The summed E-state index contributed by atoms with van der Waals surface area (Å²) in [5, 5.41) is 1.89. The van der Waals surface area contributed by atoms with E-state index in [1.165, 1.54) is 6.92 Å². The molecule has 0 bridgehead atoms. The van der Waals surface area contributed by atoms with Gasteiger partial charge in [0.1, 0.15) is 0 Å². The fraction of sp³-hybridized carbons (Fsp3) is 0.375. The molecule has 124 valence electrons. The van der Waals surface area contributed by atoms with Gasteiger partial charge in [-0.1, -0.05) is 29.8 Å². The summed E-state index contributed by atoms with van der Waals surface area (Å²) < 4.78 is 9.11. The van der Waals surface area contributed by atoms with Gasteiger partial charge in [0, 0.05) is 12.0 Å².